The topological polar surface area (TPSA) is 53.2 Å². The van der Waals surface area contributed by atoms with E-state index in [4.69, 9.17) is 0 Å². The Bertz CT molecular complexity index is 719. The van der Waals surface area contributed by atoms with Gasteiger partial charge < -0.3 is 9.88 Å². The van der Waals surface area contributed by atoms with Crippen LogP contribution in [0.15, 0.2) is 29.1 Å². The lowest BCUT2D eigenvalue weighted by atomic mass is 10.1. The lowest BCUT2D eigenvalue weighted by Crippen LogP contribution is -2.33. The molecule has 0 unspecified atom stereocenters. The zero-order chi connectivity index (χ0) is 16.1. The predicted octanol–water partition coefficient (Wildman–Crippen LogP) is 3.38. The third-order valence-corrected chi connectivity index (χ3v) is 3.96. The molecule has 0 aliphatic carbocycles. The second kappa shape index (κ2) is 7.25. The molecule has 0 atom stereocenters. The van der Waals surface area contributed by atoms with Crippen LogP contribution in [-0.4, -0.2) is 22.3 Å². The van der Waals surface area contributed by atoms with Crippen molar-refractivity contribution < 1.29 is 4.79 Å². The molecule has 1 heterocycles. The molecule has 0 aliphatic heterocycles. The Hall–Kier alpha value is -2.10. The number of para-hydroxylation sites is 1. The fourth-order valence-corrected chi connectivity index (χ4v) is 2.62. The number of nitrogens with zero attached hydrogens (tertiary/aromatic N) is 1. The molecule has 22 heavy (non-hydrogen) atoms. The molecular weight excluding hydrogens is 276 g/mol. The monoisotopic (exact) mass is 300 g/mol. The molecule has 2 rings (SSSR count). The summed E-state index contributed by atoms with van der Waals surface area (Å²) in [4.78, 5) is 29.1. The number of amides is 1. The molecule has 1 aromatic heterocycles. The number of aromatic nitrogens is 1. The number of hydrogen-bond donors (Lipinski definition) is 1. The van der Waals surface area contributed by atoms with Crippen LogP contribution in [0.3, 0.4) is 0 Å². The van der Waals surface area contributed by atoms with E-state index in [1.807, 2.05) is 38.1 Å². The van der Waals surface area contributed by atoms with Gasteiger partial charge >= 0.3 is 0 Å². The SMILES string of the molecule is CCCCN(Cc1cc2cccc(C)c2[nH]c1=O)C(=O)CC. The van der Waals surface area contributed by atoms with Gasteiger partial charge in [-0.15, -0.1) is 0 Å². The lowest BCUT2D eigenvalue weighted by Gasteiger charge is -2.22. The number of fused-ring (bicyclic) bond motifs is 1. The number of benzene rings is 1. The number of nitrogens with one attached hydrogen (secondary N) is 1. The Labute approximate surface area is 131 Å². The van der Waals surface area contributed by atoms with Crippen LogP contribution in [-0.2, 0) is 11.3 Å². The van der Waals surface area contributed by atoms with Gasteiger partial charge in [-0.1, -0.05) is 38.5 Å². The van der Waals surface area contributed by atoms with Crippen molar-refractivity contribution in [1.82, 2.24) is 9.88 Å². The van der Waals surface area contributed by atoms with Gasteiger partial charge in [0.2, 0.25) is 5.91 Å². The number of H-pyrrole nitrogens is 1. The number of aryl methyl sites for hydroxylation is 1. The molecule has 2 aromatic rings. The maximum absolute atomic E-state index is 12.3. The van der Waals surface area contributed by atoms with Gasteiger partial charge in [-0.2, -0.15) is 0 Å². The fourth-order valence-electron chi connectivity index (χ4n) is 2.62. The summed E-state index contributed by atoms with van der Waals surface area (Å²) >= 11 is 0. The second-order valence-corrected chi connectivity index (χ2v) is 5.69. The molecule has 4 heteroatoms. The van der Waals surface area contributed by atoms with Crippen LogP contribution < -0.4 is 5.56 Å². The van der Waals surface area contributed by atoms with Crippen LogP contribution in [0.2, 0.25) is 0 Å². The van der Waals surface area contributed by atoms with Gasteiger partial charge in [0.1, 0.15) is 0 Å². The van der Waals surface area contributed by atoms with Crippen LogP contribution in [0.25, 0.3) is 10.9 Å². The molecule has 0 saturated carbocycles. The largest absolute Gasteiger partial charge is 0.338 e. The van der Waals surface area contributed by atoms with E-state index >= 15 is 0 Å². The van der Waals surface area contributed by atoms with Crippen molar-refractivity contribution >= 4 is 16.8 Å². The van der Waals surface area contributed by atoms with Gasteiger partial charge in [0.25, 0.3) is 5.56 Å². The highest BCUT2D eigenvalue weighted by Crippen LogP contribution is 2.16. The van der Waals surface area contributed by atoms with Crippen molar-refractivity contribution in [2.75, 3.05) is 6.54 Å². The maximum atomic E-state index is 12.3. The van der Waals surface area contributed by atoms with Crippen molar-refractivity contribution in [2.45, 2.75) is 46.6 Å². The van der Waals surface area contributed by atoms with Crippen molar-refractivity contribution in [3.8, 4) is 0 Å². The predicted molar refractivity (Wildman–Crippen MR) is 89.9 cm³/mol. The molecular formula is C18H24N2O2. The summed E-state index contributed by atoms with van der Waals surface area (Å²) in [7, 11) is 0. The Kier molecular flexibility index (Phi) is 5.36. The fraction of sp³-hybridized carbons (Fsp3) is 0.444. The minimum atomic E-state index is -0.104. The molecule has 4 nitrogen and oxygen atoms in total. The highest BCUT2D eigenvalue weighted by Gasteiger charge is 2.14. The van der Waals surface area contributed by atoms with Crippen LogP contribution in [0.5, 0.6) is 0 Å². The molecule has 0 aliphatic rings. The smallest absolute Gasteiger partial charge is 0.253 e. The zero-order valence-corrected chi connectivity index (χ0v) is 13.6. The molecule has 0 saturated heterocycles. The average molecular weight is 300 g/mol. The summed E-state index contributed by atoms with van der Waals surface area (Å²) in [6, 6.07) is 7.85. The van der Waals surface area contributed by atoms with Crippen LogP contribution >= 0.6 is 0 Å². The molecule has 1 amide bonds. The highest BCUT2D eigenvalue weighted by molar-refractivity contribution is 5.82. The van der Waals surface area contributed by atoms with Crippen molar-refractivity contribution in [3.05, 3.63) is 45.7 Å². The van der Waals surface area contributed by atoms with E-state index in [1.165, 1.54) is 0 Å². The van der Waals surface area contributed by atoms with Gasteiger partial charge in [0.05, 0.1) is 12.1 Å². The molecule has 1 aromatic carbocycles. The molecule has 0 bridgehead atoms. The average Bonchev–Trinajstić information content (AvgIpc) is 2.52. The van der Waals surface area contributed by atoms with Crippen LogP contribution in [0.4, 0.5) is 0 Å². The highest BCUT2D eigenvalue weighted by atomic mass is 16.2. The molecule has 1 N–H and O–H groups in total. The number of aromatic amines is 1. The van der Waals surface area contributed by atoms with Gasteiger partial charge in [-0.3, -0.25) is 9.59 Å². The number of carbonyl (C=O) groups excluding carboxylic acids is 1. The summed E-state index contributed by atoms with van der Waals surface area (Å²) in [6.07, 6.45) is 2.45. The van der Waals surface area contributed by atoms with Crippen LogP contribution in [0, 0.1) is 6.92 Å². The number of hydrogen-bond acceptors (Lipinski definition) is 2. The first kappa shape index (κ1) is 16.3. The summed E-state index contributed by atoms with van der Waals surface area (Å²) < 4.78 is 0. The summed E-state index contributed by atoms with van der Waals surface area (Å²) in [5, 5.41) is 1.01. The van der Waals surface area contributed by atoms with Crippen molar-refractivity contribution in [3.63, 3.8) is 0 Å². The van der Waals surface area contributed by atoms with E-state index in [-0.39, 0.29) is 11.5 Å². The Morgan fingerprint density at radius 3 is 2.73 bits per heavy atom. The lowest BCUT2D eigenvalue weighted by molar-refractivity contribution is -0.131. The number of pyridine rings is 1. The maximum Gasteiger partial charge on any atom is 0.253 e. The van der Waals surface area contributed by atoms with E-state index in [0.29, 0.717) is 25.1 Å². The molecule has 0 fully saturated rings. The molecule has 0 radical (unpaired) electrons. The third kappa shape index (κ3) is 3.56. The Morgan fingerprint density at radius 2 is 2.05 bits per heavy atom. The van der Waals surface area contributed by atoms with Crippen LogP contribution in [0.1, 0.15) is 44.2 Å². The van der Waals surface area contributed by atoms with Gasteiger partial charge in [0, 0.05) is 18.5 Å². The van der Waals surface area contributed by atoms with E-state index in [1.54, 1.807) is 4.90 Å². The first-order valence-corrected chi connectivity index (χ1v) is 7.96. The van der Waals surface area contributed by atoms with Gasteiger partial charge in [-0.05, 0) is 30.4 Å². The van der Waals surface area contributed by atoms with Crippen molar-refractivity contribution in [2.24, 2.45) is 0 Å². The van der Waals surface area contributed by atoms with E-state index in [0.717, 1.165) is 29.3 Å². The summed E-state index contributed by atoms with van der Waals surface area (Å²) in [5.74, 6) is 0.0946. The summed E-state index contributed by atoms with van der Waals surface area (Å²) in [5.41, 5.74) is 2.47. The minimum absolute atomic E-state index is 0.0946. The minimum Gasteiger partial charge on any atom is -0.338 e. The quantitative estimate of drug-likeness (QED) is 0.889. The Morgan fingerprint density at radius 1 is 1.27 bits per heavy atom. The van der Waals surface area contributed by atoms with E-state index in [9.17, 15) is 9.59 Å². The number of rotatable bonds is 6. The zero-order valence-electron chi connectivity index (χ0n) is 13.6. The third-order valence-electron chi connectivity index (χ3n) is 3.96. The number of unbranched alkanes of at least 4 members (excludes halogenated alkanes) is 1. The van der Waals surface area contributed by atoms with Gasteiger partial charge in [0.15, 0.2) is 0 Å². The first-order chi connectivity index (χ1) is 10.6. The van der Waals surface area contributed by atoms with E-state index in [2.05, 4.69) is 11.9 Å². The van der Waals surface area contributed by atoms with E-state index < -0.39 is 0 Å². The number of carbonyl (C=O) groups is 1. The first-order valence-electron chi connectivity index (χ1n) is 7.96. The molecule has 118 valence electrons. The Balaban J connectivity index is 2.34. The molecule has 0 spiro atoms. The summed E-state index contributed by atoms with van der Waals surface area (Å²) in [6.45, 7) is 7.02. The normalized spacial score (nSPS) is 10.9. The second-order valence-electron chi connectivity index (χ2n) is 5.69. The van der Waals surface area contributed by atoms with Crippen molar-refractivity contribution in [1.29, 1.82) is 0 Å². The van der Waals surface area contributed by atoms with Gasteiger partial charge in [-0.25, -0.2) is 0 Å². The standard InChI is InChI=1S/C18H24N2O2/c1-4-6-10-20(16(21)5-2)12-15-11-14-9-7-8-13(3)17(14)19-18(15)22/h7-9,11H,4-6,10,12H2,1-3H3,(H,19,22).